The average Bonchev–Trinajstić information content (AvgIpc) is 3.21. The molecule has 0 radical (unpaired) electrons. The highest BCUT2D eigenvalue weighted by Gasteiger charge is 2.30. The summed E-state index contributed by atoms with van der Waals surface area (Å²) >= 11 is 0. The molecule has 0 saturated carbocycles. The second-order valence-electron chi connectivity index (χ2n) is 6.33. The van der Waals surface area contributed by atoms with Gasteiger partial charge in [-0.2, -0.15) is 5.10 Å². The first kappa shape index (κ1) is 15.7. The number of carbonyl (C=O) groups is 1. The Hall–Kier alpha value is -2.14. The first-order chi connectivity index (χ1) is 11.2. The van der Waals surface area contributed by atoms with Crippen molar-refractivity contribution in [1.82, 2.24) is 20.0 Å². The zero-order chi connectivity index (χ0) is 16.2. The zero-order valence-electron chi connectivity index (χ0n) is 13.8. The number of carbonyl (C=O) groups excluding carboxylic acids is 1. The Morgan fingerprint density at radius 3 is 2.87 bits per heavy atom. The van der Waals surface area contributed by atoms with E-state index in [0.717, 1.165) is 38.0 Å². The van der Waals surface area contributed by atoms with Crippen molar-refractivity contribution in [2.24, 2.45) is 0 Å². The van der Waals surface area contributed by atoms with Crippen LogP contribution in [0, 0.1) is 0 Å². The van der Waals surface area contributed by atoms with Crippen LogP contribution >= 0.6 is 0 Å². The van der Waals surface area contributed by atoms with Crippen LogP contribution in [0.5, 0.6) is 0 Å². The summed E-state index contributed by atoms with van der Waals surface area (Å²) in [5, 5.41) is 7.20. The summed E-state index contributed by atoms with van der Waals surface area (Å²) in [6.45, 7) is 2.08. The molecule has 1 fully saturated rings. The van der Waals surface area contributed by atoms with Crippen LogP contribution in [-0.4, -0.2) is 53.1 Å². The molecule has 122 valence electrons. The van der Waals surface area contributed by atoms with Crippen LogP contribution in [0.4, 0.5) is 0 Å². The average molecular weight is 312 g/mol. The molecule has 5 heteroatoms. The molecule has 0 spiro atoms. The smallest absolute Gasteiger partial charge is 0.256 e. The van der Waals surface area contributed by atoms with Gasteiger partial charge in [0.05, 0.1) is 23.5 Å². The van der Waals surface area contributed by atoms with Crippen molar-refractivity contribution in [3.8, 4) is 0 Å². The summed E-state index contributed by atoms with van der Waals surface area (Å²) in [5.41, 5.74) is 3.02. The van der Waals surface area contributed by atoms with Gasteiger partial charge in [0.2, 0.25) is 0 Å². The van der Waals surface area contributed by atoms with Gasteiger partial charge in [-0.3, -0.25) is 14.8 Å². The number of benzene rings is 1. The number of amides is 1. The van der Waals surface area contributed by atoms with E-state index in [1.54, 1.807) is 25.2 Å². The number of hydrogen-bond donors (Lipinski definition) is 1. The molecular weight excluding hydrogens is 288 g/mol. The number of hydrogen-bond acceptors (Lipinski definition) is 3. The first-order valence-corrected chi connectivity index (χ1v) is 8.19. The number of H-pyrrole nitrogens is 1. The van der Waals surface area contributed by atoms with E-state index in [2.05, 4.69) is 39.4 Å². The molecule has 1 aromatic carbocycles. The van der Waals surface area contributed by atoms with E-state index in [9.17, 15) is 4.79 Å². The zero-order valence-corrected chi connectivity index (χ0v) is 13.8. The molecule has 5 nitrogen and oxygen atoms in total. The summed E-state index contributed by atoms with van der Waals surface area (Å²) in [5.74, 6) is 0.0173. The van der Waals surface area contributed by atoms with E-state index in [1.165, 1.54) is 5.56 Å². The third-order valence-electron chi connectivity index (χ3n) is 4.53. The minimum atomic E-state index is 0.0173. The fourth-order valence-corrected chi connectivity index (χ4v) is 3.30. The number of aromatic nitrogens is 2. The van der Waals surface area contributed by atoms with Gasteiger partial charge in [0.15, 0.2) is 0 Å². The van der Waals surface area contributed by atoms with Crippen molar-refractivity contribution in [2.75, 3.05) is 27.2 Å². The summed E-state index contributed by atoms with van der Waals surface area (Å²) in [7, 11) is 3.56. The molecule has 23 heavy (non-hydrogen) atoms. The highest BCUT2D eigenvalue weighted by molar-refractivity contribution is 5.94. The highest BCUT2D eigenvalue weighted by atomic mass is 16.2. The van der Waals surface area contributed by atoms with Crippen LogP contribution < -0.4 is 0 Å². The molecule has 1 amide bonds. The van der Waals surface area contributed by atoms with Gasteiger partial charge in [-0.15, -0.1) is 0 Å². The quantitative estimate of drug-likeness (QED) is 0.923. The van der Waals surface area contributed by atoms with Crippen LogP contribution in [0.25, 0.3) is 0 Å². The lowest BCUT2D eigenvalue weighted by Gasteiger charge is -2.24. The molecule has 1 N–H and O–H groups in total. The molecule has 0 bridgehead atoms. The monoisotopic (exact) mass is 312 g/mol. The van der Waals surface area contributed by atoms with Crippen molar-refractivity contribution >= 4 is 5.91 Å². The van der Waals surface area contributed by atoms with E-state index < -0.39 is 0 Å². The number of nitrogens with one attached hydrogen (secondary N) is 1. The summed E-state index contributed by atoms with van der Waals surface area (Å²) in [6, 6.07) is 10.8. The predicted octanol–water partition coefficient (Wildman–Crippen LogP) is 2.49. The lowest BCUT2D eigenvalue weighted by Crippen LogP contribution is -2.29. The van der Waals surface area contributed by atoms with Crippen LogP contribution in [0.3, 0.4) is 0 Å². The Morgan fingerprint density at radius 1 is 1.35 bits per heavy atom. The van der Waals surface area contributed by atoms with Crippen LogP contribution in [-0.2, 0) is 6.42 Å². The second-order valence-corrected chi connectivity index (χ2v) is 6.33. The maximum atomic E-state index is 12.3. The largest absolute Gasteiger partial charge is 0.345 e. The minimum absolute atomic E-state index is 0.0173. The summed E-state index contributed by atoms with van der Waals surface area (Å²) in [6.07, 6.45) is 4.92. The van der Waals surface area contributed by atoms with Crippen molar-refractivity contribution < 1.29 is 4.79 Å². The molecule has 3 rings (SSSR count). The molecule has 1 aromatic heterocycles. The fourth-order valence-electron chi connectivity index (χ4n) is 3.30. The highest BCUT2D eigenvalue weighted by Crippen LogP contribution is 2.32. The van der Waals surface area contributed by atoms with Gasteiger partial charge >= 0.3 is 0 Å². The number of likely N-dealkylation sites (tertiary alicyclic amines) is 1. The Morgan fingerprint density at radius 2 is 2.13 bits per heavy atom. The summed E-state index contributed by atoms with van der Waals surface area (Å²) < 4.78 is 0. The third kappa shape index (κ3) is 3.45. The SMILES string of the molecule is CN(C)C(=O)c1cn[nH]c1[C@@H]1CCCN1CCc1ccccc1. The Balaban J connectivity index is 1.72. The molecule has 1 atom stereocenters. The normalized spacial score (nSPS) is 18.3. The van der Waals surface area contributed by atoms with Crippen LogP contribution in [0.15, 0.2) is 36.5 Å². The number of aromatic amines is 1. The van der Waals surface area contributed by atoms with Gasteiger partial charge in [-0.25, -0.2) is 0 Å². The van der Waals surface area contributed by atoms with Gasteiger partial charge < -0.3 is 4.90 Å². The maximum absolute atomic E-state index is 12.3. The molecule has 0 aliphatic carbocycles. The van der Waals surface area contributed by atoms with Crippen molar-refractivity contribution in [2.45, 2.75) is 25.3 Å². The Bertz CT molecular complexity index is 650. The molecular formula is C18H24N4O. The molecule has 1 saturated heterocycles. The maximum Gasteiger partial charge on any atom is 0.256 e. The topological polar surface area (TPSA) is 52.2 Å². The fraction of sp³-hybridized carbons (Fsp3) is 0.444. The van der Waals surface area contributed by atoms with Gasteiger partial charge in [-0.05, 0) is 31.4 Å². The molecule has 1 aliphatic rings. The molecule has 2 aromatic rings. The van der Waals surface area contributed by atoms with E-state index in [4.69, 9.17) is 0 Å². The third-order valence-corrected chi connectivity index (χ3v) is 4.53. The predicted molar refractivity (Wildman–Crippen MR) is 90.3 cm³/mol. The second kappa shape index (κ2) is 6.96. The van der Waals surface area contributed by atoms with Gasteiger partial charge in [0.1, 0.15) is 0 Å². The van der Waals surface area contributed by atoms with E-state index in [0.29, 0.717) is 5.56 Å². The van der Waals surface area contributed by atoms with E-state index >= 15 is 0 Å². The van der Waals surface area contributed by atoms with Gasteiger partial charge in [-0.1, -0.05) is 30.3 Å². The minimum Gasteiger partial charge on any atom is -0.345 e. The van der Waals surface area contributed by atoms with Crippen LogP contribution in [0.2, 0.25) is 0 Å². The van der Waals surface area contributed by atoms with Crippen molar-refractivity contribution in [3.05, 3.63) is 53.3 Å². The number of nitrogens with zero attached hydrogens (tertiary/aromatic N) is 3. The van der Waals surface area contributed by atoms with E-state index in [-0.39, 0.29) is 11.9 Å². The van der Waals surface area contributed by atoms with Crippen molar-refractivity contribution in [3.63, 3.8) is 0 Å². The molecule has 0 unspecified atom stereocenters. The Labute approximate surface area is 137 Å². The lowest BCUT2D eigenvalue weighted by molar-refractivity contribution is 0.0824. The van der Waals surface area contributed by atoms with Gasteiger partial charge in [0.25, 0.3) is 5.91 Å². The van der Waals surface area contributed by atoms with Gasteiger partial charge in [0, 0.05) is 20.6 Å². The summed E-state index contributed by atoms with van der Waals surface area (Å²) in [4.78, 5) is 16.4. The lowest BCUT2D eigenvalue weighted by atomic mass is 10.1. The van der Waals surface area contributed by atoms with Crippen LogP contribution in [0.1, 0.15) is 40.5 Å². The standard InChI is InChI=1S/C18H24N4O/c1-21(2)18(23)15-13-19-20-17(15)16-9-6-11-22(16)12-10-14-7-4-3-5-8-14/h3-5,7-8,13,16H,6,9-12H2,1-2H3,(H,19,20)/t16-/m0/s1. The Kier molecular flexibility index (Phi) is 4.76. The molecule has 1 aliphatic heterocycles. The van der Waals surface area contributed by atoms with E-state index in [1.807, 2.05) is 6.07 Å². The molecule has 2 heterocycles. The number of rotatable bonds is 5. The first-order valence-electron chi connectivity index (χ1n) is 8.19. The van der Waals surface area contributed by atoms with Crippen molar-refractivity contribution in [1.29, 1.82) is 0 Å².